The van der Waals surface area contributed by atoms with E-state index in [1.54, 1.807) is 6.07 Å². The number of para-hydroxylation sites is 1. The van der Waals surface area contributed by atoms with Gasteiger partial charge in [0.15, 0.2) is 0 Å². The lowest BCUT2D eigenvalue weighted by Crippen LogP contribution is -2.30. The number of nitrogens with two attached hydrogens (primary N) is 1. The van der Waals surface area contributed by atoms with Crippen LogP contribution in [-0.2, 0) is 0 Å². The maximum Gasteiger partial charge on any atom is 0.265 e. The molecule has 0 radical (unpaired) electrons. The summed E-state index contributed by atoms with van der Waals surface area (Å²) in [5.41, 5.74) is 4.37. The van der Waals surface area contributed by atoms with Gasteiger partial charge in [-0.05, 0) is 34.0 Å². The molecule has 1 aromatic heterocycles. The van der Waals surface area contributed by atoms with Gasteiger partial charge in [-0.1, -0.05) is 26.0 Å². The monoisotopic (exact) mass is 307 g/mol. The van der Waals surface area contributed by atoms with Crippen molar-refractivity contribution in [1.29, 1.82) is 0 Å². The van der Waals surface area contributed by atoms with Crippen LogP contribution in [0.2, 0.25) is 0 Å². The van der Waals surface area contributed by atoms with Crippen LogP contribution in [0.3, 0.4) is 0 Å². The Labute approximate surface area is 114 Å². The van der Waals surface area contributed by atoms with E-state index in [4.69, 9.17) is 5.84 Å². The van der Waals surface area contributed by atoms with Gasteiger partial charge in [-0.25, -0.2) is 5.84 Å². The first-order valence-corrected chi connectivity index (χ1v) is 6.44. The topological polar surface area (TPSA) is 68.0 Å². The van der Waals surface area contributed by atoms with Gasteiger partial charge in [0.05, 0.1) is 11.1 Å². The SMILES string of the molecule is CC(C)c1cc(C(=O)NN)c2cccc(Br)c2n1. The summed E-state index contributed by atoms with van der Waals surface area (Å²) in [5.74, 6) is 5.17. The van der Waals surface area contributed by atoms with E-state index in [0.717, 1.165) is 21.1 Å². The van der Waals surface area contributed by atoms with Crippen molar-refractivity contribution in [3.8, 4) is 0 Å². The minimum absolute atomic E-state index is 0.242. The van der Waals surface area contributed by atoms with Crippen LogP contribution in [-0.4, -0.2) is 10.9 Å². The highest BCUT2D eigenvalue weighted by Gasteiger charge is 2.14. The number of halogens is 1. The molecular formula is C13H14BrN3O. The molecule has 0 fully saturated rings. The highest BCUT2D eigenvalue weighted by molar-refractivity contribution is 9.10. The van der Waals surface area contributed by atoms with Crippen LogP contribution in [0.25, 0.3) is 10.9 Å². The van der Waals surface area contributed by atoms with E-state index in [1.165, 1.54) is 0 Å². The highest BCUT2D eigenvalue weighted by atomic mass is 79.9. The summed E-state index contributed by atoms with van der Waals surface area (Å²) in [6.45, 7) is 4.07. The number of benzene rings is 1. The van der Waals surface area contributed by atoms with Crippen LogP contribution >= 0.6 is 15.9 Å². The summed E-state index contributed by atoms with van der Waals surface area (Å²) in [4.78, 5) is 16.4. The van der Waals surface area contributed by atoms with Crippen LogP contribution in [0.15, 0.2) is 28.7 Å². The number of rotatable bonds is 2. The van der Waals surface area contributed by atoms with Crippen LogP contribution in [0.4, 0.5) is 0 Å². The lowest BCUT2D eigenvalue weighted by Gasteiger charge is -2.11. The average molecular weight is 308 g/mol. The Bertz CT molecular complexity index is 610. The standard InChI is InChI=1S/C13H14BrN3O/c1-7(2)11-6-9(13(18)17-15)8-4-3-5-10(14)12(8)16-11/h3-7H,15H2,1-2H3,(H,17,18). The maximum atomic E-state index is 11.8. The Hall–Kier alpha value is -1.46. The van der Waals surface area contributed by atoms with Crippen molar-refractivity contribution >= 4 is 32.7 Å². The van der Waals surface area contributed by atoms with Gasteiger partial charge < -0.3 is 0 Å². The van der Waals surface area contributed by atoms with Gasteiger partial charge >= 0.3 is 0 Å². The fourth-order valence-electron chi connectivity index (χ4n) is 1.79. The second-order valence-electron chi connectivity index (χ2n) is 4.36. The molecule has 0 bridgehead atoms. The second-order valence-corrected chi connectivity index (χ2v) is 5.21. The number of hydrazine groups is 1. The maximum absolute atomic E-state index is 11.8. The summed E-state index contributed by atoms with van der Waals surface area (Å²) in [5, 5.41) is 0.789. The number of nitrogens with zero attached hydrogens (tertiary/aromatic N) is 1. The van der Waals surface area contributed by atoms with Gasteiger partial charge in [-0.15, -0.1) is 0 Å². The molecule has 4 nitrogen and oxygen atoms in total. The zero-order valence-corrected chi connectivity index (χ0v) is 11.8. The lowest BCUT2D eigenvalue weighted by molar-refractivity contribution is 0.0955. The second kappa shape index (κ2) is 5.04. The quantitative estimate of drug-likeness (QED) is 0.509. The van der Waals surface area contributed by atoms with Gasteiger partial charge in [0, 0.05) is 15.6 Å². The minimum atomic E-state index is -0.303. The molecule has 5 heteroatoms. The summed E-state index contributed by atoms with van der Waals surface area (Å²) in [6.07, 6.45) is 0. The van der Waals surface area contributed by atoms with Crippen LogP contribution in [0.1, 0.15) is 35.8 Å². The first-order valence-electron chi connectivity index (χ1n) is 5.64. The van der Waals surface area contributed by atoms with Gasteiger partial charge in [-0.2, -0.15) is 0 Å². The molecule has 0 atom stereocenters. The largest absolute Gasteiger partial charge is 0.290 e. The highest BCUT2D eigenvalue weighted by Crippen LogP contribution is 2.27. The number of carbonyl (C=O) groups is 1. The van der Waals surface area contributed by atoms with Crippen molar-refractivity contribution in [3.05, 3.63) is 40.0 Å². The van der Waals surface area contributed by atoms with Crippen LogP contribution in [0, 0.1) is 0 Å². The van der Waals surface area contributed by atoms with Crippen molar-refractivity contribution in [2.75, 3.05) is 0 Å². The predicted octanol–water partition coefficient (Wildman–Crippen LogP) is 2.72. The third kappa shape index (κ3) is 2.23. The number of hydrogen-bond acceptors (Lipinski definition) is 3. The van der Waals surface area contributed by atoms with Crippen LogP contribution in [0.5, 0.6) is 0 Å². The van der Waals surface area contributed by atoms with Gasteiger partial charge in [0.2, 0.25) is 0 Å². The Balaban J connectivity index is 2.81. The fourth-order valence-corrected chi connectivity index (χ4v) is 2.25. The number of fused-ring (bicyclic) bond motifs is 1. The van der Waals surface area contributed by atoms with Crippen molar-refractivity contribution in [2.45, 2.75) is 19.8 Å². The fraction of sp³-hybridized carbons (Fsp3) is 0.231. The number of pyridine rings is 1. The first-order chi connectivity index (χ1) is 8.54. The number of nitrogen functional groups attached to an aromatic ring is 1. The number of aromatic nitrogens is 1. The molecule has 18 heavy (non-hydrogen) atoms. The van der Waals surface area contributed by atoms with Gasteiger partial charge in [0.1, 0.15) is 0 Å². The lowest BCUT2D eigenvalue weighted by atomic mass is 10.0. The van der Waals surface area contributed by atoms with E-state index in [9.17, 15) is 4.79 Å². The van der Waals surface area contributed by atoms with E-state index in [1.807, 2.05) is 32.0 Å². The molecular weight excluding hydrogens is 294 g/mol. The van der Waals surface area contributed by atoms with Gasteiger partial charge in [0.25, 0.3) is 5.91 Å². The van der Waals surface area contributed by atoms with E-state index in [0.29, 0.717) is 5.56 Å². The van der Waals surface area contributed by atoms with Crippen molar-refractivity contribution in [3.63, 3.8) is 0 Å². The number of hydrogen-bond donors (Lipinski definition) is 2. The Morgan fingerprint density at radius 2 is 2.17 bits per heavy atom. The molecule has 0 spiro atoms. The number of amides is 1. The molecule has 0 unspecified atom stereocenters. The minimum Gasteiger partial charge on any atom is -0.290 e. The molecule has 0 saturated carbocycles. The molecule has 0 aliphatic heterocycles. The molecule has 1 heterocycles. The molecule has 0 aliphatic carbocycles. The van der Waals surface area contributed by atoms with E-state index in [2.05, 4.69) is 26.3 Å². The summed E-state index contributed by atoms with van der Waals surface area (Å²) < 4.78 is 0.869. The summed E-state index contributed by atoms with van der Waals surface area (Å²) in [6, 6.07) is 7.43. The summed E-state index contributed by atoms with van der Waals surface area (Å²) in [7, 11) is 0. The van der Waals surface area contributed by atoms with E-state index in [-0.39, 0.29) is 11.8 Å². The number of nitrogens with one attached hydrogen (secondary N) is 1. The third-order valence-corrected chi connectivity index (χ3v) is 3.42. The smallest absolute Gasteiger partial charge is 0.265 e. The predicted molar refractivity (Wildman–Crippen MR) is 75.2 cm³/mol. The van der Waals surface area contributed by atoms with Crippen LogP contribution < -0.4 is 11.3 Å². The molecule has 2 rings (SSSR count). The molecule has 0 saturated heterocycles. The van der Waals surface area contributed by atoms with Crippen molar-refractivity contribution in [1.82, 2.24) is 10.4 Å². The van der Waals surface area contributed by atoms with Gasteiger partial charge in [-0.3, -0.25) is 15.2 Å². The molecule has 2 aromatic rings. The molecule has 1 aromatic carbocycles. The molecule has 0 aliphatic rings. The first kappa shape index (κ1) is 13.0. The Kier molecular flexibility index (Phi) is 3.63. The average Bonchev–Trinajstić information content (AvgIpc) is 2.37. The Morgan fingerprint density at radius 1 is 1.44 bits per heavy atom. The van der Waals surface area contributed by atoms with E-state index < -0.39 is 0 Å². The number of carbonyl (C=O) groups excluding carboxylic acids is 1. The Morgan fingerprint density at radius 3 is 2.78 bits per heavy atom. The zero-order chi connectivity index (χ0) is 13.3. The zero-order valence-electron chi connectivity index (χ0n) is 10.2. The normalized spacial score (nSPS) is 10.9. The molecule has 94 valence electrons. The molecule has 1 amide bonds. The molecule has 3 N–H and O–H groups in total. The van der Waals surface area contributed by atoms with E-state index >= 15 is 0 Å². The summed E-state index contributed by atoms with van der Waals surface area (Å²) >= 11 is 3.46. The van der Waals surface area contributed by atoms with Crippen molar-refractivity contribution < 1.29 is 4.79 Å². The van der Waals surface area contributed by atoms with Crippen molar-refractivity contribution in [2.24, 2.45) is 5.84 Å². The third-order valence-electron chi connectivity index (χ3n) is 2.78.